The number of rotatable bonds is 8. The van der Waals surface area contributed by atoms with E-state index in [1.165, 1.54) is 50.1 Å². The molecule has 0 aliphatic rings. The Hall–Kier alpha value is -2.76. The minimum absolute atomic E-state index is 0.0493. The van der Waals surface area contributed by atoms with Crippen LogP contribution in [0.5, 0.6) is 0 Å². The van der Waals surface area contributed by atoms with Crippen LogP contribution < -0.4 is 5.32 Å². The molecule has 2 aromatic carbocycles. The first kappa shape index (κ1) is 21.9. The Morgan fingerprint density at radius 3 is 2.40 bits per heavy atom. The summed E-state index contributed by atoms with van der Waals surface area (Å²) in [6.07, 6.45) is 0.205. The van der Waals surface area contributed by atoms with Gasteiger partial charge in [-0.3, -0.25) is 10.1 Å². The summed E-state index contributed by atoms with van der Waals surface area (Å²) < 4.78 is 43.6. The van der Waals surface area contributed by atoms with Crippen molar-refractivity contribution in [3.8, 4) is 11.5 Å². The van der Waals surface area contributed by atoms with Crippen molar-refractivity contribution in [3.05, 3.63) is 54.3 Å². The molecule has 1 heterocycles. The second-order valence-corrected chi connectivity index (χ2v) is 9.64. The zero-order chi connectivity index (χ0) is 21.7. The van der Waals surface area contributed by atoms with Crippen LogP contribution in [0.3, 0.4) is 0 Å². The largest absolute Gasteiger partial charge is 0.403 e. The highest BCUT2D eigenvalue weighted by molar-refractivity contribution is 7.99. The third-order valence-corrected chi connectivity index (χ3v) is 6.81. The van der Waals surface area contributed by atoms with Crippen LogP contribution in [-0.4, -0.2) is 48.7 Å². The molecule has 0 aliphatic heterocycles. The number of carbonyl (C=O) groups is 1. The van der Waals surface area contributed by atoms with E-state index in [1.54, 1.807) is 24.3 Å². The highest BCUT2D eigenvalue weighted by Crippen LogP contribution is 2.23. The molecule has 0 saturated heterocycles. The maximum Gasteiger partial charge on any atom is 0.322 e. The minimum atomic E-state index is -3.53. The van der Waals surface area contributed by atoms with Gasteiger partial charge in [0.1, 0.15) is 5.82 Å². The lowest BCUT2D eigenvalue weighted by atomic mass is 10.2. The fourth-order valence-corrected chi connectivity index (χ4v) is 4.10. The Morgan fingerprint density at radius 1 is 1.10 bits per heavy atom. The number of hydrogen-bond donors (Lipinski definition) is 1. The van der Waals surface area contributed by atoms with Crippen molar-refractivity contribution >= 4 is 33.7 Å². The SMILES string of the molecule is CN(C)S(=O)(=O)c1ccc(-c2nnc(NC(=O)CCSc3ccc(F)cc3)o2)cc1. The number of aromatic nitrogens is 2. The van der Waals surface area contributed by atoms with E-state index in [0.29, 0.717) is 11.3 Å². The van der Waals surface area contributed by atoms with Crippen molar-refractivity contribution in [3.63, 3.8) is 0 Å². The van der Waals surface area contributed by atoms with Gasteiger partial charge in [0.2, 0.25) is 21.8 Å². The van der Waals surface area contributed by atoms with Gasteiger partial charge in [-0.1, -0.05) is 5.10 Å². The molecule has 30 heavy (non-hydrogen) atoms. The molecule has 0 bridgehead atoms. The molecular formula is C19H19FN4O4S2. The van der Waals surface area contributed by atoms with E-state index in [4.69, 9.17) is 4.42 Å². The van der Waals surface area contributed by atoms with Gasteiger partial charge >= 0.3 is 6.01 Å². The van der Waals surface area contributed by atoms with Crippen LogP contribution in [0.2, 0.25) is 0 Å². The van der Waals surface area contributed by atoms with Crippen LogP contribution in [0, 0.1) is 5.82 Å². The smallest absolute Gasteiger partial charge is 0.322 e. The number of hydrogen-bond acceptors (Lipinski definition) is 7. The lowest BCUT2D eigenvalue weighted by Gasteiger charge is -2.11. The van der Waals surface area contributed by atoms with Gasteiger partial charge < -0.3 is 4.42 Å². The van der Waals surface area contributed by atoms with E-state index in [1.807, 2.05) is 0 Å². The molecule has 1 aromatic heterocycles. The molecule has 0 aliphatic carbocycles. The second-order valence-electron chi connectivity index (χ2n) is 6.32. The van der Waals surface area contributed by atoms with E-state index in [2.05, 4.69) is 15.5 Å². The average molecular weight is 451 g/mol. The van der Waals surface area contributed by atoms with Crippen LogP contribution in [-0.2, 0) is 14.8 Å². The number of carbonyl (C=O) groups excluding carboxylic acids is 1. The fourth-order valence-electron chi connectivity index (χ4n) is 2.34. The van der Waals surface area contributed by atoms with Gasteiger partial charge in [0.15, 0.2) is 0 Å². The van der Waals surface area contributed by atoms with E-state index in [0.717, 1.165) is 9.20 Å². The predicted octanol–water partition coefficient (Wildman–Crippen LogP) is 3.25. The van der Waals surface area contributed by atoms with Crippen molar-refractivity contribution in [2.45, 2.75) is 16.2 Å². The molecule has 0 atom stereocenters. The van der Waals surface area contributed by atoms with Crippen molar-refractivity contribution in [1.82, 2.24) is 14.5 Å². The molecule has 1 amide bonds. The van der Waals surface area contributed by atoms with E-state index >= 15 is 0 Å². The summed E-state index contributed by atoms with van der Waals surface area (Å²) in [5.74, 6) is 0.0468. The summed E-state index contributed by atoms with van der Waals surface area (Å²) in [6.45, 7) is 0. The first-order valence-corrected chi connectivity index (χ1v) is 11.2. The number of thioether (sulfide) groups is 1. The summed E-state index contributed by atoms with van der Waals surface area (Å²) in [4.78, 5) is 13.0. The summed E-state index contributed by atoms with van der Waals surface area (Å²) in [7, 11) is -0.623. The Morgan fingerprint density at radius 2 is 1.77 bits per heavy atom. The third kappa shape index (κ3) is 5.43. The Labute approximate surface area is 177 Å². The Kier molecular flexibility index (Phi) is 6.85. The van der Waals surface area contributed by atoms with Gasteiger partial charge in [0.25, 0.3) is 0 Å². The third-order valence-electron chi connectivity index (χ3n) is 3.96. The van der Waals surface area contributed by atoms with Crippen LogP contribution in [0.15, 0.2) is 62.7 Å². The maximum absolute atomic E-state index is 12.9. The van der Waals surface area contributed by atoms with Gasteiger partial charge in [0.05, 0.1) is 4.90 Å². The number of anilines is 1. The molecule has 0 spiro atoms. The summed E-state index contributed by atoms with van der Waals surface area (Å²) >= 11 is 1.43. The summed E-state index contributed by atoms with van der Waals surface area (Å²) in [5.41, 5.74) is 0.521. The summed E-state index contributed by atoms with van der Waals surface area (Å²) in [5, 5.41) is 10.2. The molecule has 0 unspecified atom stereocenters. The molecule has 11 heteroatoms. The molecule has 3 rings (SSSR count). The number of nitrogens with zero attached hydrogens (tertiary/aromatic N) is 3. The predicted molar refractivity (Wildman–Crippen MR) is 111 cm³/mol. The lowest BCUT2D eigenvalue weighted by molar-refractivity contribution is -0.115. The number of benzene rings is 2. The zero-order valence-electron chi connectivity index (χ0n) is 16.2. The van der Waals surface area contributed by atoms with Crippen molar-refractivity contribution < 1.29 is 22.0 Å². The maximum atomic E-state index is 12.9. The van der Waals surface area contributed by atoms with Gasteiger partial charge in [-0.05, 0) is 48.5 Å². The van der Waals surface area contributed by atoms with Gasteiger partial charge in [-0.2, -0.15) is 0 Å². The molecule has 8 nitrogen and oxygen atoms in total. The Balaban J connectivity index is 1.55. The van der Waals surface area contributed by atoms with Crippen LogP contribution in [0.25, 0.3) is 11.5 Å². The highest BCUT2D eigenvalue weighted by Gasteiger charge is 2.18. The first-order valence-electron chi connectivity index (χ1n) is 8.80. The topological polar surface area (TPSA) is 105 Å². The van der Waals surface area contributed by atoms with Crippen LogP contribution in [0.1, 0.15) is 6.42 Å². The van der Waals surface area contributed by atoms with E-state index in [-0.39, 0.29) is 34.9 Å². The van der Waals surface area contributed by atoms with Crippen LogP contribution in [0.4, 0.5) is 10.4 Å². The van der Waals surface area contributed by atoms with Crippen molar-refractivity contribution in [1.29, 1.82) is 0 Å². The van der Waals surface area contributed by atoms with Gasteiger partial charge in [0, 0.05) is 36.7 Å². The summed E-state index contributed by atoms with van der Waals surface area (Å²) in [6, 6.07) is 12.0. The molecule has 0 fully saturated rings. The number of amides is 1. The van der Waals surface area contributed by atoms with E-state index in [9.17, 15) is 17.6 Å². The quantitative estimate of drug-likeness (QED) is 0.525. The fraction of sp³-hybridized carbons (Fsp3) is 0.211. The molecule has 3 aromatic rings. The van der Waals surface area contributed by atoms with Gasteiger partial charge in [-0.15, -0.1) is 16.9 Å². The zero-order valence-corrected chi connectivity index (χ0v) is 17.8. The van der Waals surface area contributed by atoms with Crippen molar-refractivity contribution in [2.75, 3.05) is 25.2 Å². The molecule has 158 valence electrons. The molecule has 1 N–H and O–H groups in total. The number of sulfonamides is 1. The Bertz CT molecular complexity index is 1110. The van der Waals surface area contributed by atoms with Crippen molar-refractivity contribution in [2.24, 2.45) is 0 Å². The number of nitrogens with one attached hydrogen (secondary N) is 1. The van der Waals surface area contributed by atoms with E-state index < -0.39 is 10.0 Å². The van der Waals surface area contributed by atoms with Crippen LogP contribution >= 0.6 is 11.8 Å². The average Bonchev–Trinajstić information content (AvgIpc) is 3.18. The molecule has 0 radical (unpaired) electrons. The monoisotopic (exact) mass is 450 g/mol. The molecular weight excluding hydrogens is 431 g/mol. The van der Waals surface area contributed by atoms with Gasteiger partial charge in [-0.25, -0.2) is 17.1 Å². The first-order chi connectivity index (χ1) is 14.3. The molecule has 0 saturated carbocycles. The minimum Gasteiger partial charge on any atom is -0.403 e. The lowest BCUT2D eigenvalue weighted by Crippen LogP contribution is -2.22. The standard InChI is InChI=1S/C19H19FN4O4S2/c1-24(2)30(26,27)16-9-3-13(4-10-16)18-22-23-19(28-18)21-17(25)11-12-29-15-7-5-14(20)6-8-15/h3-10H,11-12H2,1-2H3,(H,21,23,25). The highest BCUT2D eigenvalue weighted by atomic mass is 32.2. The second kappa shape index (κ2) is 9.37. The normalized spacial score (nSPS) is 11.6. The number of halogens is 1.